The second kappa shape index (κ2) is 12.2. The molecule has 0 radical (unpaired) electrons. The molecule has 0 bridgehead atoms. The minimum absolute atomic E-state index is 0.595. The van der Waals surface area contributed by atoms with Crippen molar-refractivity contribution in [2.45, 2.75) is 19.8 Å². The lowest BCUT2D eigenvalue weighted by Gasteiger charge is -2.16. The fourth-order valence-electron chi connectivity index (χ4n) is 7.80. The van der Waals surface area contributed by atoms with E-state index in [2.05, 4.69) is 115 Å². The summed E-state index contributed by atoms with van der Waals surface area (Å²) < 4.78 is 8.34. The van der Waals surface area contributed by atoms with Crippen molar-refractivity contribution in [1.82, 2.24) is 4.57 Å². The second-order valence-corrected chi connectivity index (χ2v) is 13.1. The Bertz CT molecular complexity index is 2890. The van der Waals surface area contributed by atoms with E-state index in [0.29, 0.717) is 11.1 Å². The summed E-state index contributed by atoms with van der Waals surface area (Å²) in [7, 11) is 0. The van der Waals surface area contributed by atoms with Crippen molar-refractivity contribution in [3.05, 3.63) is 173 Å². The van der Waals surface area contributed by atoms with Crippen LogP contribution in [0.15, 0.2) is 150 Å². The predicted molar refractivity (Wildman–Crippen MR) is 207 cm³/mol. The zero-order valence-electron chi connectivity index (χ0n) is 28.0. The molecule has 0 saturated heterocycles. The van der Waals surface area contributed by atoms with Crippen LogP contribution in [-0.4, -0.2) is 4.57 Å². The van der Waals surface area contributed by atoms with E-state index >= 15 is 0 Å². The molecule has 0 spiro atoms. The lowest BCUT2D eigenvalue weighted by atomic mass is 9.90. The maximum atomic E-state index is 10.3. The highest BCUT2D eigenvalue weighted by Crippen LogP contribution is 2.40. The summed E-state index contributed by atoms with van der Waals surface area (Å²) in [6.45, 7) is 2.20. The van der Waals surface area contributed by atoms with E-state index in [4.69, 9.17) is 4.42 Å². The van der Waals surface area contributed by atoms with E-state index in [9.17, 15) is 10.5 Å². The molecule has 0 atom stereocenters. The third kappa shape index (κ3) is 4.97. The monoisotopic (exact) mass is 653 g/mol. The molecular weight excluding hydrogens is 623 g/mol. The van der Waals surface area contributed by atoms with Gasteiger partial charge in [0.2, 0.25) is 0 Å². The molecule has 0 N–H and O–H groups in total. The van der Waals surface area contributed by atoms with Crippen molar-refractivity contribution in [2.24, 2.45) is 0 Å². The summed E-state index contributed by atoms with van der Waals surface area (Å²) in [6, 6.07) is 54.7. The van der Waals surface area contributed by atoms with Gasteiger partial charge in [-0.2, -0.15) is 10.5 Å². The van der Waals surface area contributed by atoms with Crippen molar-refractivity contribution in [3.8, 4) is 40.1 Å². The van der Waals surface area contributed by atoms with Crippen LogP contribution in [0.2, 0.25) is 0 Å². The van der Waals surface area contributed by atoms with Crippen LogP contribution in [0.4, 0.5) is 0 Å². The molecule has 2 aromatic heterocycles. The fraction of sp³-hybridized carbons (Fsp3) is 0.0638. The third-order valence-electron chi connectivity index (χ3n) is 10.2. The molecule has 4 heteroatoms. The zero-order valence-corrected chi connectivity index (χ0v) is 28.0. The van der Waals surface area contributed by atoms with Gasteiger partial charge in [0.05, 0.1) is 33.9 Å². The average Bonchev–Trinajstić information content (AvgIpc) is 3.73. The lowest BCUT2D eigenvalue weighted by molar-refractivity contribution is 0.669. The third-order valence-corrected chi connectivity index (χ3v) is 10.2. The number of nitrogens with zero attached hydrogens (tertiary/aromatic N) is 3. The molecule has 0 saturated carbocycles. The number of hydrogen-bond acceptors (Lipinski definition) is 3. The molecule has 240 valence electrons. The van der Waals surface area contributed by atoms with Crippen molar-refractivity contribution >= 4 is 43.7 Å². The topological polar surface area (TPSA) is 65.7 Å². The minimum atomic E-state index is 0.595. The summed E-state index contributed by atoms with van der Waals surface area (Å²) >= 11 is 0. The number of benzene rings is 7. The van der Waals surface area contributed by atoms with E-state index in [1.807, 2.05) is 54.6 Å². The Morgan fingerprint density at radius 2 is 1.31 bits per heavy atom. The Morgan fingerprint density at radius 3 is 2.16 bits per heavy atom. The van der Waals surface area contributed by atoms with Gasteiger partial charge in [0.25, 0.3) is 0 Å². The SMILES string of the molecule is Cc1c(-c2ccccc2CCc2ccc(-c3cccc(C#N)c3-n3c4ccccc4c4cc(C#N)ccc43)cc2)ccc2oc3ccccc3c12. The normalized spacial score (nSPS) is 11.4. The van der Waals surface area contributed by atoms with Gasteiger partial charge in [0, 0.05) is 27.1 Å². The summed E-state index contributed by atoms with van der Waals surface area (Å²) in [5, 5.41) is 24.3. The van der Waals surface area contributed by atoms with E-state index in [1.165, 1.54) is 33.2 Å². The van der Waals surface area contributed by atoms with Crippen molar-refractivity contribution < 1.29 is 4.42 Å². The molecule has 0 unspecified atom stereocenters. The Kier molecular flexibility index (Phi) is 7.24. The molecule has 9 aromatic rings. The molecule has 0 aliphatic rings. The molecule has 0 aliphatic carbocycles. The number of fused-ring (bicyclic) bond motifs is 6. The highest BCUT2D eigenvalue weighted by molar-refractivity contribution is 6.11. The van der Waals surface area contributed by atoms with E-state index in [1.54, 1.807) is 0 Å². The van der Waals surface area contributed by atoms with Gasteiger partial charge in [-0.05, 0) is 95.6 Å². The molecule has 0 fully saturated rings. The van der Waals surface area contributed by atoms with Crippen LogP contribution in [0.25, 0.3) is 71.7 Å². The predicted octanol–water partition coefficient (Wildman–Crippen LogP) is 11.9. The number of para-hydroxylation sites is 3. The number of aromatic nitrogens is 1. The molecular formula is C47H31N3O. The first-order valence-corrected chi connectivity index (χ1v) is 17.2. The van der Waals surface area contributed by atoms with Gasteiger partial charge in [-0.3, -0.25) is 0 Å². The average molecular weight is 654 g/mol. The quantitative estimate of drug-likeness (QED) is 0.179. The first-order valence-electron chi connectivity index (χ1n) is 17.2. The lowest BCUT2D eigenvalue weighted by Crippen LogP contribution is -2.01. The summed E-state index contributed by atoms with van der Waals surface area (Å²) in [5.74, 6) is 0. The first kappa shape index (κ1) is 30.2. The molecule has 7 aromatic carbocycles. The van der Waals surface area contributed by atoms with Crippen molar-refractivity contribution in [2.75, 3.05) is 0 Å². The summed E-state index contributed by atoms with van der Waals surface area (Å²) in [6.07, 6.45) is 1.80. The second-order valence-electron chi connectivity index (χ2n) is 13.1. The van der Waals surface area contributed by atoms with Crippen LogP contribution in [0, 0.1) is 29.6 Å². The largest absolute Gasteiger partial charge is 0.456 e. The van der Waals surface area contributed by atoms with Crippen LogP contribution in [0.3, 0.4) is 0 Å². The number of furan rings is 1. The van der Waals surface area contributed by atoms with Gasteiger partial charge in [-0.1, -0.05) is 103 Å². The Hall–Kier alpha value is -6.88. The number of aryl methyl sites for hydroxylation is 3. The number of rotatable bonds is 6. The van der Waals surface area contributed by atoms with Crippen LogP contribution in [0.1, 0.15) is 27.8 Å². The molecule has 0 aliphatic heterocycles. The number of hydrogen-bond donors (Lipinski definition) is 0. The van der Waals surface area contributed by atoms with Crippen molar-refractivity contribution in [1.29, 1.82) is 10.5 Å². The molecule has 4 nitrogen and oxygen atoms in total. The van der Waals surface area contributed by atoms with Crippen LogP contribution in [-0.2, 0) is 12.8 Å². The highest BCUT2D eigenvalue weighted by atomic mass is 16.3. The first-order chi connectivity index (χ1) is 25.1. The van der Waals surface area contributed by atoms with Gasteiger partial charge < -0.3 is 8.98 Å². The minimum Gasteiger partial charge on any atom is -0.456 e. The van der Waals surface area contributed by atoms with Crippen LogP contribution in [0.5, 0.6) is 0 Å². The molecule has 9 rings (SSSR count). The van der Waals surface area contributed by atoms with Crippen LogP contribution < -0.4 is 0 Å². The molecule has 51 heavy (non-hydrogen) atoms. The van der Waals surface area contributed by atoms with Gasteiger partial charge >= 0.3 is 0 Å². The van der Waals surface area contributed by atoms with Crippen LogP contribution >= 0.6 is 0 Å². The highest BCUT2D eigenvalue weighted by Gasteiger charge is 2.20. The van der Waals surface area contributed by atoms with Crippen molar-refractivity contribution in [3.63, 3.8) is 0 Å². The molecule has 0 amide bonds. The van der Waals surface area contributed by atoms with E-state index in [0.717, 1.165) is 68.0 Å². The van der Waals surface area contributed by atoms with E-state index < -0.39 is 0 Å². The Morgan fingerprint density at radius 1 is 0.569 bits per heavy atom. The fourth-order valence-corrected chi connectivity index (χ4v) is 7.80. The van der Waals surface area contributed by atoms with E-state index in [-0.39, 0.29) is 0 Å². The zero-order chi connectivity index (χ0) is 34.5. The van der Waals surface area contributed by atoms with Gasteiger partial charge in [-0.25, -0.2) is 0 Å². The van der Waals surface area contributed by atoms with Gasteiger partial charge in [0.1, 0.15) is 17.2 Å². The summed E-state index contributed by atoms with van der Waals surface area (Å²) in [4.78, 5) is 0. The summed E-state index contributed by atoms with van der Waals surface area (Å²) in [5.41, 5.74) is 14.2. The molecule has 2 heterocycles. The smallest absolute Gasteiger partial charge is 0.135 e. The number of nitriles is 2. The Balaban J connectivity index is 1.06. The Labute approximate surface area is 295 Å². The van der Waals surface area contributed by atoms with Gasteiger partial charge in [-0.15, -0.1) is 0 Å². The maximum Gasteiger partial charge on any atom is 0.135 e. The van der Waals surface area contributed by atoms with Gasteiger partial charge in [0.15, 0.2) is 0 Å². The standard InChI is InChI=1S/C47H31N3O/c1-30-36(24-26-45-46(30)40-13-5-7-16-44(40)51-45)37-11-3-2-9-33(37)21-17-31-18-22-34(23-19-31)38-14-8-10-35(29-49)47(38)50-42-15-6-4-12-39(42)41-27-32(28-48)20-25-43(41)50/h2-16,18-20,22-27H,17,21H2,1H3. The maximum absolute atomic E-state index is 10.3.